The Morgan fingerprint density at radius 2 is 0.769 bits per heavy atom. The minimum atomic E-state index is 0.727. The number of fused-ring (bicyclic) bond motifs is 10. The summed E-state index contributed by atoms with van der Waals surface area (Å²) in [5.41, 5.74) is 4.17. The molecule has 5 rings (SSSR count). The van der Waals surface area contributed by atoms with Gasteiger partial charge in [-0.05, 0) is 0 Å². The van der Waals surface area contributed by atoms with Crippen molar-refractivity contribution in [3.8, 4) is 20.0 Å². The van der Waals surface area contributed by atoms with Gasteiger partial charge in [0.25, 0.3) is 0 Å². The first kappa shape index (κ1) is 16.6. The summed E-state index contributed by atoms with van der Waals surface area (Å²) in [5.74, 6) is 0. The van der Waals surface area contributed by atoms with E-state index in [1.165, 1.54) is 0 Å². The molecule has 1 aliphatic rings. The van der Waals surface area contributed by atoms with Gasteiger partial charge in [-0.3, -0.25) is 0 Å². The van der Waals surface area contributed by atoms with Gasteiger partial charge in [-0.1, -0.05) is 0 Å². The zero-order valence-electron chi connectivity index (χ0n) is 13.6. The maximum Gasteiger partial charge on any atom is 0.152 e. The van der Waals surface area contributed by atoms with Crippen LogP contribution in [0.1, 0.15) is 22.8 Å². The van der Waals surface area contributed by atoms with Crippen LogP contribution in [0.5, 0.6) is 0 Å². The van der Waals surface area contributed by atoms with Crippen molar-refractivity contribution >= 4 is 45.3 Å². The Balaban J connectivity index is 1.43. The molecule has 4 aromatic heterocycles. The smallest absolute Gasteiger partial charge is 0.152 e. The molecule has 0 aromatic carbocycles. The Labute approximate surface area is 166 Å². The highest BCUT2D eigenvalue weighted by Crippen LogP contribution is 2.28. The summed E-state index contributed by atoms with van der Waals surface area (Å²) in [6, 6.07) is 0. The quantitative estimate of drug-likeness (QED) is 0.453. The molecule has 0 fully saturated rings. The Hall–Kier alpha value is -1.56. The number of nitrogens with zero attached hydrogens (tertiary/aromatic N) is 4. The van der Waals surface area contributed by atoms with Crippen molar-refractivity contribution in [2.24, 2.45) is 0 Å². The molecule has 0 atom stereocenters. The molecule has 0 amide bonds. The van der Waals surface area contributed by atoms with Gasteiger partial charge in [0.15, 0.2) is 20.0 Å². The molecule has 0 saturated heterocycles. The minimum Gasteiger partial charge on any atom is -0.305 e. The topological polar surface area (TPSA) is 75.6 Å². The van der Waals surface area contributed by atoms with Gasteiger partial charge in [-0.15, -0.1) is 45.3 Å². The maximum atomic E-state index is 4.71. The molecule has 2 N–H and O–H groups in total. The number of rotatable bonds is 0. The molecule has 0 unspecified atom stereocenters. The average molecular weight is 419 g/mol. The van der Waals surface area contributed by atoms with E-state index in [-0.39, 0.29) is 0 Å². The van der Waals surface area contributed by atoms with E-state index in [4.69, 9.17) is 19.9 Å². The first-order valence-electron chi connectivity index (χ1n) is 8.03. The molecule has 8 bridgehead atoms. The van der Waals surface area contributed by atoms with Crippen molar-refractivity contribution in [3.63, 3.8) is 0 Å². The van der Waals surface area contributed by atoms with Crippen LogP contribution in [-0.2, 0) is 26.2 Å². The van der Waals surface area contributed by atoms with Crippen molar-refractivity contribution in [1.82, 2.24) is 30.6 Å². The Morgan fingerprint density at radius 1 is 0.500 bits per heavy atom. The summed E-state index contributed by atoms with van der Waals surface area (Å²) in [4.78, 5) is 18.8. The Kier molecular flexibility index (Phi) is 4.61. The average Bonchev–Trinajstić information content (AvgIpc) is 3.41. The van der Waals surface area contributed by atoms with Gasteiger partial charge >= 0.3 is 0 Å². The van der Waals surface area contributed by atoms with Crippen LogP contribution in [0.3, 0.4) is 0 Å². The summed E-state index contributed by atoms with van der Waals surface area (Å²) in [6.45, 7) is 2.91. The predicted molar refractivity (Wildman–Crippen MR) is 108 cm³/mol. The summed E-state index contributed by atoms with van der Waals surface area (Å²) in [5, 5.41) is 19.2. The fourth-order valence-corrected chi connectivity index (χ4v) is 5.96. The van der Waals surface area contributed by atoms with Crippen LogP contribution < -0.4 is 10.6 Å². The zero-order chi connectivity index (χ0) is 17.3. The van der Waals surface area contributed by atoms with E-state index < -0.39 is 0 Å². The summed E-state index contributed by atoms with van der Waals surface area (Å²) >= 11 is 6.59. The summed E-state index contributed by atoms with van der Waals surface area (Å²) in [6.07, 6.45) is 0. The van der Waals surface area contributed by atoms with Crippen LogP contribution in [0.25, 0.3) is 20.0 Å². The molecule has 1 aliphatic heterocycles. The molecule has 26 heavy (non-hydrogen) atoms. The van der Waals surface area contributed by atoms with E-state index in [1.807, 2.05) is 0 Å². The highest BCUT2D eigenvalue weighted by atomic mass is 32.1. The largest absolute Gasteiger partial charge is 0.305 e. The molecule has 0 aliphatic carbocycles. The first-order valence-corrected chi connectivity index (χ1v) is 11.5. The number of aromatic nitrogens is 4. The molecule has 10 heteroatoms. The molecular weight excluding hydrogens is 404 g/mol. The van der Waals surface area contributed by atoms with Crippen LogP contribution in [0, 0.1) is 0 Å². The van der Waals surface area contributed by atoms with Crippen LogP contribution in [0.4, 0.5) is 0 Å². The number of nitrogens with one attached hydrogen (secondary N) is 2. The summed E-state index contributed by atoms with van der Waals surface area (Å²) in [7, 11) is 0. The normalized spacial score (nSPS) is 14.8. The second-order valence-corrected chi connectivity index (χ2v) is 9.22. The van der Waals surface area contributed by atoms with Gasteiger partial charge in [-0.2, -0.15) is 0 Å². The van der Waals surface area contributed by atoms with E-state index in [9.17, 15) is 0 Å². The fraction of sp³-hybridized carbons (Fsp3) is 0.250. The highest BCUT2D eigenvalue weighted by molar-refractivity contribution is 7.20. The van der Waals surface area contributed by atoms with Gasteiger partial charge in [0, 0.05) is 47.7 Å². The number of hydrogen-bond acceptors (Lipinski definition) is 10. The lowest BCUT2D eigenvalue weighted by Crippen LogP contribution is -2.13. The van der Waals surface area contributed by atoms with E-state index >= 15 is 0 Å². The number of hydrogen-bond donors (Lipinski definition) is 2. The first-order chi connectivity index (χ1) is 12.8. The van der Waals surface area contributed by atoms with Crippen molar-refractivity contribution in [3.05, 3.63) is 44.3 Å². The Bertz CT molecular complexity index is 866. The van der Waals surface area contributed by atoms with Gasteiger partial charge in [0.1, 0.15) is 0 Å². The molecule has 0 spiro atoms. The maximum absolute atomic E-state index is 4.71. The molecule has 6 nitrogen and oxygen atoms in total. The lowest BCUT2D eigenvalue weighted by molar-refractivity contribution is 0.671. The molecular formula is C16H14N6S4. The van der Waals surface area contributed by atoms with Gasteiger partial charge < -0.3 is 10.6 Å². The molecule has 4 aromatic rings. The molecule has 132 valence electrons. The van der Waals surface area contributed by atoms with E-state index in [1.54, 1.807) is 45.3 Å². The van der Waals surface area contributed by atoms with Crippen molar-refractivity contribution in [2.45, 2.75) is 26.2 Å². The lowest BCUT2D eigenvalue weighted by atomic mass is 10.4. The summed E-state index contributed by atoms with van der Waals surface area (Å²) < 4.78 is 0. The molecule has 0 saturated carbocycles. The third-order valence-corrected chi connectivity index (χ3v) is 7.65. The van der Waals surface area contributed by atoms with Crippen LogP contribution in [-0.4, -0.2) is 19.9 Å². The third kappa shape index (κ3) is 3.48. The van der Waals surface area contributed by atoms with Gasteiger partial charge in [0.2, 0.25) is 0 Å². The van der Waals surface area contributed by atoms with Gasteiger partial charge in [-0.25, -0.2) is 19.9 Å². The van der Waals surface area contributed by atoms with Crippen LogP contribution >= 0.6 is 45.3 Å². The standard InChI is InChI=1S/C16H14N6S4/c1-9-5-23-13(19-9)14-21-11(7-25-14)3-18-4-12-8-26-16(22-12)15-20-10(2-17-1)6-24-15/h5-8,17-18H,1-4H2. The molecule has 0 radical (unpaired) electrons. The van der Waals surface area contributed by atoms with E-state index in [0.717, 1.165) is 69.0 Å². The minimum absolute atomic E-state index is 0.727. The van der Waals surface area contributed by atoms with Crippen LogP contribution in [0.2, 0.25) is 0 Å². The van der Waals surface area contributed by atoms with Gasteiger partial charge in [0.05, 0.1) is 22.8 Å². The number of thiazole rings is 4. The SMILES string of the molecule is c1sc2nc1CNCc1csc(n1)-c1nc(cs1)CNCc1csc-2n1. The van der Waals surface area contributed by atoms with Crippen molar-refractivity contribution in [1.29, 1.82) is 0 Å². The lowest BCUT2D eigenvalue weighted by Gasteiger charge is -2.00. The van der Waals surface area contributed by atoms with Crippen molar-refractivity contribution < 1.29 is 0 Å². The Morgan fingerprint density at radius 3 is 1.04 bits per heavy atom. The van der Waals surface area contributed by atoms with Crippen LogP contribution in [0.15, 0.2) is 21.5 Å². The third-order valence-electron chi connectivity index (χ3n) is 3.80. The molecule has 5 heterocycles. The second-order valence-electron chi connectivity index (χ2n) is 5.78. The van der Waals surface area contributed by atoms with E-state index in [0.29, 0.717) is 0 Å². The fourth-order valence-electron chi connectivity index (χ4n) is 2.58. The zero-order valence-corrected chi connectivity index (χ0v) is 16.8. The van der Waals surface area contributed by atoms with E-state index in [2.05, 4.69) is 32.2 Å². The predicted octanol–water partition coefficient (Wildman–Crippen LogP) is 3.74. The second kappa shape index (κ2) is 7.22. The highest BCUT2D eigenvalue weighted by Gasteiger charge is 2.12. The van der Waals surface area contributed by atoms with Crippen molar-refractivity contribution in [2.75, 3.05) is 0 Å². The monoisotopic (exact) mass is 418 g/mol.